The standard InChI is InChI=1S/C24H38ClN3O4/c1-5-8-13-29-16-20-22(30-14-9-6-2)24(4,31-15-10-7-3)21(32-20)18-11-12-19-23(25)26-17-27-28(18)19/h11-12,17,20-22H,5-10,13-16H2,1-4H3/t20-,21+,22-,24+/m1/s1. The highest BCUT2D eigenvalue weighted by molar-refractivity contribution is 6.32. The molecule has 0 unspecified atom stereocenters. The Kier molecular flexibility index (Phi) is 9.74. The molecule has 0 bridgehead atoms. The predicted octanol–water partition coefficient (Wildman–Crippen LogP) is 5.40. The van der Waals surface area contributed by atoms with Gasteiger partial charge in [0.15, 0.2) is 5.15 Å². The first-order valence-electron chi connectivity index (χ1n) is 12.0. The van der Waals surface area contributed by atoms with Crippen LogP contribution >= 0.6 is 11.6 Å². The molecule has 3 heterocycles. The summed E-state index contributed by atoms with van der Waals surface area (Å²) in [6.07, 6.45) is 6.83. The fourth-order valence-electron chi connectivity index (χ4n) is 4.18. The van der Waals surface area contributed by atoms with Gasteiger partial charge in [-0.3, -0.25) is 0 Å². The van der Waals surface area contributed by atoms with Crippen molar-refractivity contribution in [2.24, 2.45) is 0 Å². The largest absolute Gasteiger partial charge is 0.379 e. The summed E-state index contributed by atoms with van der Waals surface area (Å²) in [7, 11) is 0. The van der Waals surface area contributed by atoms with Crippen molar-refractivity contribution in [3.05, 3.63) is 29.3 Å². The number of halogens is 1. The number of hydrogen-bond acceptors (Lipinski definition) is 6. The van der Waals surface area contributed by atoms with E-state index in [1.165, 1.54) is 6.33 Å². The van der Waals surface area contributed by atoms with Crippen LogP contribution in [0.2, 0.25) is 5.15 Å². The van der Waals surface area contributed by atoms with Gasteiger partial charge in [-0.2, -0.15) is 5.10 Å². The topological polar surface area (TPSA) is 67.1 Å². The second-order valence-corrected chi connectivity index (χ2v) is 8.98. The zero-order valence-electron chi connectivity index (χ0n) is 19.9. The molecule has 3 rings (SSSR count). The molecular weight excluding hydrogens is 430 g/mol. The molecule has 0 spiro atoms. The summed E-state index contributed by atoms with van der Waals surface area (Å²) in [6.45, 7) is 11.1. The number of fused-ring (bicyclic) bond motifs is 1. The molecule has 0 aromatic carbocycles. The molecule has 1 saturated heterocycles. The van der Waals surface area contributed by atoms with E-state index in [4.69, 9.17) is 30.5 Å². The van der Waals surface area contributed by atoms with Crippen LogP contribution in [-0.2, 0) is 18.9 Å². The minimum atomic E-state index is -0.687. The van der Waals surface area contributed by atoms with Crippen molar-refractivity contribution in [3.8, 4) is 0 Å². The quantitative estimate of drug-likeness (QED) is 0.346. The van der Waals surface area contributed by atoms with Gasteiger partial charge < -0.3 is 18.9 Å². The van der Waals surface area contributed by atoms with Gasteiger partial charge in [0.2, 0.25) is 0 Å². The number of rotatable bonds is 14. The first kappa shape index (κ1) is 25.4. The van der Waals surface area contributed by atoms with E-state index in [-0.39, 0.29) is 18.3 Å². The Morgan fingerprint density at radius 3 is 2.53 bits per heavy atom. The smallest absolute Gasteiger partial charge is 0.156 e. The summed E-state index contributed by atoms with van der Waals surface area (Å²) < 4.78 is 27.4. The Morgan fingerprint density at radius 1 is 1.06 bits per heavy atom. The van der Waals surface area contributed by atoms with E-state index >= 15 is 0 Å². The number of nitrogens with zero attached hydrogens (tertiary/aromatic N) is 3. The van der Waals surface area contributed by atoms with E-state index in [1.54, 1.807) is 4.52 Å². The molecular formula is C24H38ClN3O4. The van der Waals surface area contributed by atoms with Gasteiger partial charge >= 0.3 is 0 Å². The van der Waals surface area contributed by atoms with E-state index in [2.05, 4.69) is 37.8 Å². The molecule has 32 heavy (non-hydrogen) atoms. The van der Waals surface area contributed by atoms with Crippen LogP contribution in [0.4, 0.5) is 0 Å². The van der Waals surface area contributed by atoms with Gasteiger partial charge in [-0.15, -0.1) is 0 Å². The highest BCUT2D eigenvalue weighted by Crippen LogP contribution is 2.46. The Morgan fingerprint density at radius 2 is 1.78 bits per heavy atom. The second kappa shape index (κ2) is 12.3. The third-order valence-corrected chi connectivity index (χ3v) is 6.36. The molecule has 1 aliphatic rings. The summed E-state index contributed by atoms with van der Waals surface area (Å²) >= 11 is 6.30. The van der Waals surface area contributed by atoms with Crippen molar-refractivity contribution in [2.45, 2.75) is 90.1 Å². The first-order chi connectivity index (χ1) is 15.6. The average molecular weight is 468 g/mol. The van der Waals surface area contributed by atoms with Crippen molar-refractivity contribution in [2.75, 3.05) is 26.4 Å². The zero-order valence-corrected chi connectivity index (χ0v) is 20.6. The van der Waals surface area contributed by atoms with Crippen LogP contribution in [0.5, 0.6) is 0 Å². The van der Waals surface area contributed by atoms with Crippen LogP contribution in [0.25, 0.3) is 5.52 Å². The number of aromatic nitrogens is 3. The summed E-state index contributed by atoms with van der Waals surface area (Å²) in [5.41, 5.74) is 0.936. The Balaban J connectivity index is 1.93. The predicted molar refractivity (Wildman–Crippen MR) is 125 cm³/mol. The van der Waals surface area contributed by atoms with Crippen molar-refractivity contribution in [1.82, 2.24) is 14.6 Å². The summed E-state index contributed by atoms with van der Waals surface area (Å²) in [5.74, 6) is 0. The van der Waals surface area contributed by atoms with E-state index in [0.717, 1.165) is 49.7 Å². The van der Waals surface area contributed by atoms with Gasteiger partial charge in [-0.05, 0) is 38.3 Å². The fraction of sp³-hybridized carbons (Fsp3) is 0.750. The lowest BCUT2D eigenvalue weighted by Crippen LogP contribution is -2.48. The molecule has 180 valence electrons. The molecule has 2 aromatic heterocycles. The lowest BCUT2D eigenvalue weighted by molar-refractivity contribution is -0.138. The summed E-state index contributed by atoms with van der Waals surface area (Å²) in [6, 6.07) is 3.91. The van der Waals surface area contributed by atoms with Crippen LogP contribution in [0.1, 0.15) is 78.0 Å². The second-order valence-electron chi connectivity index (χ2n) is 8.62. The Labute approximate surface area is 196 Å². The van der Waals surface area contributed by atoms with Crippen molar-refractivity contribution < 1.29 is 18.9 Å². The van der Waals surface area contributed by atoms with Gasteiger partial charge in [-0.1, -0.05) is 51.6 Å². The summed E-state index contributed by atoms with van der Waals surface area (Å²) in [4.78, 5) is 4.10. The van der Waals surface area contributed by atoms with Gasteiger partial charge in [-0.25, -0.2) is 9.50 Å². The third kappa shape index (κ3) is 5.62. The summed E-state index contributed by atoms with van der Waals surface area (Å²) in [5, 5.41) is 4.84. The van der Waals surface area contributed by atoms with E-state index in [9.17, 15) is 0 Å². The maximum atomic E-state index is 6.62. The zero-order chi connectivity index (χ0) is 23.0. The molecule has 7 nitrogen and oxygen atoms in total. The molecule has 0 N–H and O–H groups in total. The molecule has 1 aliphatic heterocycles. The Hall–Kier alpha value is -1.25. The minimum Gasteiger partial charge on any atom is -0.379 e. The van der Waals surface area contributed by atoms with Crippen molar-refractivity contribution in [3.63, 3.8) is 0 Å². The Bertz CT molecular complexity index is 833. The number of hydrogen-bond donors (Lipinski definition) is 0. The molecule has 2 aromatic rings. The lowest BCUT2D eigenvalue weighted by atomic mass is 9.90. The fourth-order valence-corrected chi connectivity index (χ4v) is 4.37. The monoisotopic (exact) mass is 467 g/mol. The maximum absolute atomic E-state index is 6.62. The van der Waals surface area contributed by atoms with Crippen molar-refractivity contribution in [1.29, 1.82) is 0 Å². The van der Waals surface area contributed by atoms with Crippen LogP contribution in [-0.4, -0.2) is 58.8 Å². The van der Waals surface area contributed by atoms with Crippen LogP contribution in [0, 0.1) is 0 Å². The van der Waals surface area contributed by atoms with E-state index in [1.807, 2.05) is 12.1 Å². The highest BCUT2D eigenvalue weighted by Gasteiger charge is 2.57. The minimum absolute atomic E-state index is 0.233. The molecule has 8 heteroatoms. The van der Waals surface area contributed by atoms with Gasteiger partial charge in [0.1, 0.15) is 35.8 Å². The molecule has 0 radical (unpaired) electrons. The third-order valence-electron chi connectivity index (χ3n) is 6.07. The molecule has 4 atom stereocenters. The van der Waals surface area contributed by atoms with Crippen LogP contribution < -0.4 is 0 Å². The maximum Gasteiger partial charge on any atom is 0.156 e. The first-order valence-corrected chi connectivity index (χ1v) is 12.4. The number of unbranched alkanes of at least 4 members (excludes halogenated alkanes) is 3. The normalized spacial score (nSPS) is 25.7. The molecule has 0 amide bonds. The lowest BCUT2D eigenvalue weighted by Gasteiger charge is -2.35. The average Bonchev–Trinajstić information content (AvgIpc) is 3.32. The molecule has 0 aliphatic carbocycles. The van der Waals surface area contributed by atoms with Crippen molar-refractivity contribution >= 4 is 17.1 Å². The van der Waals surface area contributed by atoms with E-state index < -0.39 is 5.60 Å². The molecule has 1 fully saturated rings. The SMILES string of the molecule is CCCCOC[C@H]1O[C@@H](c2ccc3c(Cl)ncnn23)[C@](C)(OCCCC)[C@@H]1OCCCC. The van der Waals surface area contributed by atoms with Gasteiger partial charge in [0.05, 0.1) is 12.3 Å². The van der Waals surface area contributed by atoms with Crippen LogP contribution in [0.15, 0.2) is 18.5 Å². The number of ether oxygens (including phenoxy) is 4. The highest BCUT2D eigenvalue weighted by atomic mass is 35.5. The molecule has 0 saturated carbocycles. The van der Waals surface area contributed by atoms with E-state index in [0.29, 0.717) is 31.6 Å². The van der Waals surface area contributed by atoms with Crippen LogP contribution in [0.3, 0.4) is 0 Å². The van der Waals surface area contributed by atoms with Gasteiger partial charge in [0, 0.05) is 19.8 Å². The van der Waals surface area contributed by atoms with Gasteiger partial charge in [0.25, 0.3) is 0 Å².